The number of ether oxygens (including phenoxy) is 1. The minimum absolute atomic E-state index is 0.676. The van der Waals surface area contributed by atoms with Crippen molar-refractivity contribution in [3.63, 3.8) is 0 Å². The smallest absolute Gasteiger partial charge is 0.0509 e. The summed E-state index contributed by atoms with van der Waals surface area (Å²) in [5, 5.41) is 3.56. The first-order valence-corrected chi connectivity index (χ1v) is 6.82. The molecule has 94 valence electrons. The topological polar surface area (TPSA) is 24.5 Å². The summed E-state index contributed by atoms with van der Waals surface area (Å²) in [4.78, 5) is 2.68. The summed E-state index contributed by atoms with van der Waals surface area (Å²) in [5.41, 5.74) is 0. The van der Waals surface area contributed by atoms with Crippen LogP contribution in [0.15, 0.2) is 0 Å². The first-order chi connectivity index (χ1) is 7.77. The summed E-state index contributed by atoms with van der Waals surface area (Å²) < 4.78 is 5.51. The molecule has 2 aliphatic heterocycles. The SMILES string of the molecule is CC1CCN(C(C)C2CCOC2)CCCN1. The average molecular weight is 226 g/mol. The van der Waals surface area contributed by atoms with E-state index in [0.717, 1.165) is 19.1 Å². The molecule has 2 fully saturated rings. The van der Waals surface area contributed by atoms with Gasteiger partial charge in [-0.05, 0) is 58.7 Å². The van der Waals surface area contributed by atoms with Crippen molar-refractivity contribution in [1.82, 2.24) is 10.2 Å². The van der Waals surface area contributed by atoms with Gasteiger partial charge in [0.15, 0.2) is 0 Å². The fourth-order valence-corrected chi connectivity index (χ4v) is 2.84. The zero-order valence-electron chi connectivity index (χ0n) is 10.7. The van der Waals surface area contributed by atoms with Gasteiger partial charge in [0.05, 0.1) is 6.61 Å². The average Bonchev–Trinajstić information content (AvgIpc) is 2.77. The highest BCUT2D eigenvalue weighted by Gasteiger charge is 2.27. The molecule has 3 heteroatoms. The maximum absolute atomic E-state index is 5.51. The highest BCUT2D eigenvalue weighted by Crippen LogP contribution is 2.21. The quantitative estimate of drug-likeness (QED) is 0.772. The van der Waals surface area contributed by atoms with Crippen molar-refractivity contribution in [3.05, 3.63) is 0 Å². The predicted molar refractivity (Wildman–Crippen MR) is 66.7 cm³/mol. The van der Waals surface area contributed by atoms with E-state index in [1.165, 1.54) is 38.9 Å². The summed E-state index contributed by atoms with van der Waals surface area (Å²) in [6, 6.07) is 1.38. The van der Waals surface area contributed by atoms with Gasteiger partial charge in [-0.15, -0.1) is 0 Å². The van der Waals surface area contributed by atoms with Gasteiger partial charge in [0.2, 0.25) is 0 Å². The highest BCUT2D eigenvalue weighted by atomic mass is 16.5. The molecule has 0 amide bonds. The van der Waals surface area contributed by atoms with Crippen molar-refractivity contribution in [2.45, 2.75) is 45.2 Å². The third-order valence-corrected chi connectivity index (χ3v) is 4.19. The molecule has 2 rings (SSSR count). The Bertz CT molecular complexity index is 204. The normalized spacial score (nSPS) is 35.6. The molecule has 3 atom stereocenters. The Balaban J connectivity index is 1.85. The van der Waals surface area contributed by atoms with E-state index in [9.17, 15) is 0 Å². The molecule has 0 aliphatic carbocycles. The summed E-state index contributed by atoms with van der Waals surface area (Å²) in [7, 11) is 0. The first-order valence-electron chi connectivity index (χ1n) is 6.82. The van der Waals surface area contributed by atoms with E-state index in [4.69, 9.17) is 4.74 Å². The Morgan fingerprint density at radius 3 is 2.94 bits per heavy atom. The summed E-state index contributed by atoms with van der Waals surface area (Å²) in [5.74, 6) is 0.766. The van der Waals surface area contributed by atoms with Crippen molar-refractivity contribution in [3.8, 4) is 0 Å². The van der Waals surface area contributed by atoms with Crippen LogP contribution in [0.3, 0.4) is 0 Å². The van der Waals surface area contributed by atoms with E-state index in [-0.39, 0.29) is 0 Å². The Labute approximate surface area is 99.5 Å². The molecule has 0 spiro atoms. The summed E-state index contributed by atoms with van der Waals surface area (Å²) >= 11 is 0. The lowest BCUT2D eigenvalue weighted by molar-refractivity contribution is 0.118. The number of nitrogens with one attached hydrogen (secondary N) is 1. The monoisotopic (exact) mass is 226 g/mol. The maximum Gasteiger partial charge on any atom is 0.0509 e. The number of hydrogen-bond acceptors (Lipinski definition) is 3. The van der Waals surface area contributed by atoms with Gasteiger partial charge in [0.1, 0.15) is 0 Å². The van der Waals surface area contributed by atoms with Crippen LogP contribution >= 0.6 is 0 Å². The van der Waals surface area contributed by atoms with Crippen LogP contribution in [0.4, 0.5) is 0 Å². The van der Waals surface area contributed by atoms with E-state index in [0.29, 0.717) is 12.1 Å². The van der Waals surface area contributed by atoms with Crippen molar-refractivity contribution in [1.29, 1.82) is 0 Å². The summed E-state index contributed by atoms with van der Waals surface area (Å²) in [6.07, 6.45) is 3.81. The van der Waals surface area contributed by atoms with E-state index < -0.39 is 0 Å². The molecule has 0 radical (unpaired) electrons. The fraction of sp³-hybridized carbons (Fsp3) is 1.00. The molecule has 0 saturated carbocycles. The van der Waals surface area contributed by atoms with E-state index >= 15 is 0 Å². The lowest BCUT2D eigenvalue weighted by Gasteiger charge is -2.35. The van der Waals surface area contributed by atoms with Gasteiger partial charge in [0, 0.05) is 18.7 Å². The molecule has 1 N–H and O–H groups in total. The number of nitrogens with zero attached hydrogens (tertiary/aromatic N) is 1. The molecule has 0 aromatic heterocycles. The fourth-order valence-electron chi connectivity index (χ4n) is 2.84. The Hall–Kier alpha value is -0.120. The first kappa shape index (κ1) is 12.3. The van der Waals surface area contributed by atoms with Crippen molar-refractivity contribution < 1.29 is 4.74 Å². The second-order valence-electron chi connectivity index (χ2n) is 5.40. The van der Waals surface area contributed by atoms with Crippen LogP contribution in [0.2, 0.25) is 0 Å². The lowest BCUT2D eigenvalue weighted by Crippen LogP contribution is -2.45. The minimum Gasteiger partial charge on any atom is -0.381 e. The second kappa shape index (κ2) is 5.99. The molecule has 0 aromatic rings. The number of hydrogen-bond donors (Lipinski definition) is 1. The van der Waals surface area contributed by atoms with Crippen LogP contribution in [-0.4, -0.2) is 49.8 Å². The van der Waals surface area contributed by atoms with E-state index in [1.807, 2.05) is 0 Å². The molecule has 2 heterocycles. The second-order valence-corrected chi connectivity index (χ2v) is 5.40. The molecule has 16 heavy (non-hydrogen) atoms. The third kappa shape index (κ3) is 3.19. The molecular formula is C13H26N2O. The van der Waals surface area contributed by atoms with Crippen LogP contribution in [0.25, 0.3) is 0 Å². The van der Waals surface area contributed by atoms with Gasteiger partial charge in [0.25, 0.3) is 0 Å². The molecule has 2 saturated heterocycles. The van der Waals surface area contributed by atoms with Crippen LogP contribution in [-0.2, 0) is 4.74 Å². The maximum atomic E-state index is 5.51. The van der Waals surface area contributed by atoms with Crippen LogP contribution < -0.4 is 5.32 Å². The van der Waals surface area contributed by atoms with Gasteiger partial charge in [-0.1, -0.05) is 0 Å². The predicted octanol–water partition coefficient (Wildman–Crippen LogP) is 1.49. The van der Waals surface area contributed by atoms with Gasteiger partial charge < -0.3 is 15.0 Å². The molecule has 3 unspecified atom stereocenters. The van der Waals surface area contributed by atoms with E-state index in [1.54, 1.807) is 0 Å². The molecule has 0 aromatic carbocycles. The van der Waals surface area contributed by atoms with Gasteiger partial charge in [-0.25, -0.2) is 0 Å². The standard InChI is InChI=1S/C13H26N2O/c1-11-4-8-15(7-3-6-14-11)12(2)13-5-9-16-10-13/h11-14H,3-10H2,1-2H3. The van der Waals surface area contributed by atoms with Crippen molar-refractivity contribution in [2.75, 3.05) is 32.8 Å². The number of rotatable bonds is 2. The summed E-state index contributed by atoms with van der Waals surface area (Å²) in [6.45, 7) is 10.3. The van der Waals surface area contributed by atoms with Crippen molar-refractivity contribution >= 4 is 0 Å². The van der Waals surface area contributed by atoms with Crippen LogP contribution in [0, 0.1) is 5.92 Å². The molecule has 3 nitrogen and oxygen atoms in total. The Kier molecular flexibility index (Phi) is 4.62. The van der Waals surface area contributed by atoms with Crippen LogP contribution in [0.1, 0.15) is 33.1 Å². The zero-order chi connectivity index (χ0) is 11.4. The van der Waals surface area contributed by atoms with E-state index in [2.05, 4.69) is 24.1 Å². The van der Waals surface area contributed by atoms with Gasteiger partial charge in [-0.2, -0.15) is 0 Å². The van der Waals surface area contributed by atoms with Crippen molar-refractivity contribution in [2.24, 2.45) is 5.92 Å². The zero-order valence-corrected chi connectivity index (χ0v) is 10.7. The van der Waals surface area contributed by atoms with Gasteiger partial charge in [-0.3, -0.25) is 0 Å². The highest BCUT2D eigenvalue weighted by molar-refractivity contribution is 4.80. The Morgan fingerprint density at radius 1 is 1.31 bits per heavy atom. The van der Waals surface area contributed by atoms with Gasteiger partial charge >= 0.3 is 0 Å². The lowest BCUT2D eigenvalue weighted by atomic mass is 9.98. The molecular weight excluding hydrogens is 200 g/mol. The molecule has 0 bridgehead atoms. The molecule has 2 aliphatic rings. The minimum atomic E-state index is 0.676. The van der Waals surface area contributed by atoms with Crippen LogP contribution in [0.5, 0.6) is 0 Å². The Morgan fingerprint density at radius 2 is 2.19 bits per heavy atom. The largest absolute Gasteiger partial charge is 0.381 e. The third-order valence-electron chi connectivity index (χ3n) is 4.19.